The van der Waals surface area contributed by atoms with E-state index in [-0.39, 0.29) is 17.6 Å². The first-order chi connectivity index (χ1) is 17.4. The van der Waals surface area contributed by atoms with Crippen molar-refractivity contribution in [2.45, 2.75) is 20.4 Å². The van der Waals surface area contributed by atoms with Crippen molar-refractivity contribution in [2.24, 2.45) is 5.92 Å². The van der Waals surface area contributed by atoms with Crippen LogP contribution < -0.4 is 20.1 Å². The normalized spacial score (nSPS) is 13.8. The quantitative estimate of drug-likeness (QED) is 0.331. The third-order valence-corrected chi connectivity index (χ3v) is 5.95. The van der Waals surface area contributed by atoms with Gasteiger partial charge in [0.05, 0.1) is 24.6 Å². The van der Waals surface area contributed by atoms with Gasteiger partial charge < -0.3 is 25.1 Å². The highest BCUT2D eigenvalue weighted by atomic mass is 16.5. The Morgan fingerprint density at radius 3 is 2.83 bits per heavy atom. The molecule has 2 amide bonds. The minimum Gasteiger partial charge on any atom is -0.497 e. The Kier molecular flexibility index (Phi) is 5.97. The summed E-state index contributed by atoms with van der Waals surface area (Å²) in [7, 11) is 3.14. The molecular weight excluding hydrogens is 458 g/mol. The molecule has 3 N–H and O–H groups in total. The number of amides is 2. The molecule has 1 aliphatic rings. The number of carbonyl (C=O) groups is 2. The van der Waals surface area contributed by atoms with Gasteiger partial charge in [0.1, 0.15) is 11.5 Å². The number of rotatable bonds is 6. The van der Waals surface area contributed by atoms with Crippen molar-refractivity contribution in [3.63, 3.8) is 0 Å². The summed E-state index contributed by atoms with van der Waals surface area (Å²) >= 11 is 0. The summed E-state index contributed by atoms with van der Waals surface area (Å²) in [5.41, 5.74) is 4.31. The molecule has 0 saturated carbocycles. The first-order valence-electron chi connectivity index (χ1n) is 11.7. The fraction of sp³-hybridized carbons (Fsp3) is 0.222. The highest BCUT2D eigenvalue weighted by Gasteiger charge is 2.29. The molecule has 0 unspecified atom stereocenters. The van der Waals surface area contributed by atoms with Crippen molar-refractivity contribution in [3.8, 4) is 22.8 Å². The minimum atomic E-state index is -0.368. The molecule has 1 aliphatic heterocycles. The van der Waals surface area contributed by atoms with Crippen molar-refractivity contribution >= 4 is 34.5 Å². The van der Waals surface area contributed by atoms with Gasteiger partial charge in [0.2, 0.25) is 5.78 Å². The maximum Gasteiger partial charge on any atom is 0.318 e. The summed E-state index contributed by atoms with van der Waals surface area (Å²) in [5.74, 6) is 1.54. The van der Waals surface area contributed by atoms with Crippen LogP contribution in [0, 0.1) is 5.92 Å². The number of anilines is 1. The number of benzene rings is 2. The molecule has 0 aliphatic carbocycles. The number of ketones is 1. The van der Waals surface area contributed by atoms with Crippen LogP contribution in [0.5, 0.6) is 11.5 Å². The van der Waals surface area contributed by atoms with Crippen LogP contribution in [0.25, 0.3) is 28.2 Å². The number of fused-ring (bicyclic) bond motifs is 2. The van der Waals surface area contributed by atoms with Crippen LogP contribution in [0.2, 0.25) is 0 Å². The third-order valence-electron chi connectivity index (χ3n) is 5.95. The second kappa shape index (κ2) is 9.26. The molecule has 0 saturated heterocycles. The second-order valence-corrected chi connectivity index (χ2v) is 9.02. The summed E-state index contributed by atoms with van der Waals surface area (Å²) in [4.78, 5) is 28.4. The molecule has 2 aromatic carbocycles. The Balaban J connectivity index is 1.58. The molecular formula is C27H27N5O4. The molecule has 9 nitrogen and oxygen atoms in total. The fourth-order valence-electron chi connectivity index (χ4n) is 4.25. The van der Waals surface area contributed by atoms with Gasteiger partial charge in [0.15, 0.2) is 5.76 Å². The van der Waals surface area contributed by atoms with Crippen LogP contribution in [-0.4, -0.2) is 40.7 Å². The van der Waals surface area contributed by atoms with Crippen LogP contribution >= 0.6 is 0 Å². The number of hydrogen-bond donors (Lipinski definition) is 3. The molecule has 0 spiro atoms. The summed E-state index contributed by atoms with van der Waals surface area (Å²) in [6.45, 7) is 5.08. The molecule has 3 heterocycles. The maximum atomic E-state index is 13.3. The molecule has 0 radical (unpaired) electrons. The largest absolute Gasteiger partial charge is 0.497 e. The molecule has 0 bridgehead atoms. The molecule has 0 fully saturated rings. The number of Topliss-reactive ketones (excluding diaryl/α,β-unsaturated/α-hetero) is 1. The Labute approximate surface area is 208 Å². The minimum absolute atomic E-state index is 0.196. The zero-order valence-corrected chi connectivity index (χ0v) is 20.5. The summed E-state index contributed by atoms with van der Waals surface area (Å²) in [6.07, 6.45) is 5.56. The number of methoxy groups -OCH3 is 1. The zero-order chi connectivity index (χ0) is 25.4. The Morgan fingerprint density at radius 1 is 1.25 bits per heavy atom. The van der Waals surface area contributed by atoms with Crippen molar-refractivity contribution in [3.05, 3.63) is 65.7 Å². The van der Waals surface area contributed by atoms with E-state index in [1.807, 2.05) is 35.3 Å². The van der Waals surface area contributed by atoms with Crippen molar-refractivity contribution in [2.75, 3.05) is 19.5 Å². The summed E-state index contributed by atoms with van der Waals surface area (Å²) in [6, 6.07) is 10.4. The van der Waals surface area contributed by atoms with Crippen LogP contribution in [0.4, 0.5) is 10.5 Å². The van der Waals surface area contributed by atoms with E-state index in [1.54, 1.807) is 31.4 Å². The maximum absolute atomic E-state index is 13.3. The van der Waals surface area contributed by atoms with E-state index >= 15 is 0 Å². The average Bonchev–Trinajstić information content (AvgIpc) is 3.55. The average molecular weight is 486 g/mol. The lowest BCUT2D eigenvalue weighted by molar-refractivity contribution is 0.101. The number of H-pyrrole nitrogens is 1. The van der Waals surface area contributed by atoms with Crippen molar-refractivity contribution < 1.29 is 19.1 Å². The van der Waals surface area contributed by atoms with Gasteiger partial charge in [-0.3, -0.25) is 9.48 Å². The zero-order valence-electron chi connectivity index (χ0n) is 20.5. The molecule has 9 heteroatoms. The predicted octanol–water partition coefficient (Wildman–Crippen LogP) is 5.06. The third kappa shape index (κ3) is 4.31. The van der Waals surface area contributed by atoms with E-state index in [1.165, 1.54) is 7.05 Å². The number of hydrogen-bond acceptors (Lipinski definition) is 5. The van der Waals surface area contributed by atoms with Gasteiger partial charge in [-0.1, -0.05) is 13.8 Å². The van der Waals surface area contributed by atoms with Gasteiger partial charge in [-0.05, 0) is 48.4 Å². The van der Waals surface area contributed by atoms with E-state index in [0.29, 0.717) is 28.7 Å². The van der Waals surface area contributed by atoms with E-state index in [2.05, 4.69) is 34.6 Å². The summed E-state index contributed by atoms with van der Waals surface area (Å²) < 4.78 is 13.3. The number of allylic oxidation sites excluding steroid dienone is 1. The summed E-state index contributed by atoms with van der Waals surface area (Å²) in [5, 5.41) is 10.6. The number of nitrogens with zero attached hydrogens (tertiary/aromatic N) is 2. The van der Waals surface area contributed by atoms with Crippen LogP contribution in [-0.2, 0) is 6.54 Å². The van der Waals surface area contributed by atoms with Crippen molar-refractivity contribution in [1.82, 2.24) is 20.1 Å². The Bertz CT molecular complexity index is 1510. The lowest BCUT2D eigenvalue weighted by Crippen LogP contribution is -2.24. The monoisotopic (exact) mass is 485 g/mol. The van der Waals surface area contributed by atoms with E-state index in [4.69, 9.17) is 9.47 Å². The van der Waals surface area contributed by atoms with E-state index < -0.39 is 0 Å². The van der Waals surface area contributed by atoms with Gasteiger partial charge >= 0.3 is 6.03 Å². The highest BCUT2D eigenvalue weighted by Crippen LogP contribution is 2.38. The van der Waals surface area contributed by atoms with E-state index in [0.717, 1.165) is 34.3 Å². The predicted molar refractivity (Wildman–Crippen MR) is 138 cm³/mol. The Morgan fingerprint density at radius 2 is 2.08 bits per heavy atom. The standard InChI is InChI=1S/C27H27N5O4/c1-15(2)13-32-14-16(12-29-32)25-20(19-10-18(35-4)6-7-22(19)31-25)11-24-26(33)21-9-17(30-27(34)28-3)5-8-23(21)36-24/h5-12,14-15,31H,13H2,1-4H3,(H2,28,30,34)/b24-11-. The van der Waals surface area contributed by atoms with Crippen LogP contribution in [0.1, 0.15) is 29.8 Å². The van der Waals surface area contributed by atoms with Gasteiger partial charge in [-0.15, -0.1) is 0 Å². The van der Waals surface area contributed by atoms with Gasteiger partial charge in [0, 0.05) is 47.5 Å². The lowest BCUT2D eigenvalue weighted by atomic mass is 10.0. The lowest BCUT2D eigenvalue weighted by Gasteiger charge is -2.05. The van der Waals surface area contributed by atoms with Crippen LogP contribution in [0.3, 0.4) is 0 Å². The topological polar surface area (TPSA) is 110 Å². The second-order valence-electron chi connectivity index (χ2n) is 9.02. The molecule has 5 rings (SSSR count). The number of aromatic nitrogens is 3. The number of carbonyl (C=O) groups excluding carboxylic acids is 2. The first-order valence-corrected chi connectivity index (χ1v) is 11.7. The number of ether oxygens (including phenoxy) is 2. The van der Waals surface area contributed by atoms with Crippen LogP contribution in [0.15, 0.2) is 54.6 Å². The number of nitrogens with one attached hydrogen (secondary N) is 3. The molecule has 0 atom stereocenters. The molecule has 2 aromatic heterocycles. The smallest absolute Gasteiger partial charge is 0.318 e. The van der Waals surface area contributed by atoms with Gasteiger partial charge in [0.25, 0.3) is 0 Å². The number of urea groups is 1. The number of aromatic amines is 1. The first kappa shape index (κ1) is 23.2. The fourth-order valence-corrected chi connectivity index (χ4v) is 4.25. The van der Waals surface area contributed by atoms with Crippen molar-refractivity contribution in [1.29, 1.82) is 0 Å². The molecule has 4 aromatic rings. The highest BCUT2D eigenvalue weighted by molar-refractivity contribution is 6.16. The molecule has 184 valence electrons. The van der Waals surface area contributed by atoms with E-state index in [9.17, 15) is 9.59 Å². The van der Waals surface area contributed by atoms with Gasteiger partial charge in [-0.25, -0.2) is 4.79 Å². The van der Waals surface area contributed by atoms with Gasteiger partial charge in [-0.2, -0.15) is 5.10 Å². The molecule has 36 heavy (non-hydrogen) atoms. The Hall–Kier alpha value is -4.53. The SMILES string of the molecule is CNC(=O)Nc1ccc2c(c1)C(=O)/C(=C/c1c(-c3cnn(CC(C)C)c3)[nH]c3ccc(OC)cc13)O2.